The summed E-state index contributed by atoms with van der Waals surface area (Å²) in [5.41, 5.74) is 0.577. The van der Waals surface area contributed by atoms with Crippen LogP contribution in [-0.2, 0) is 0 Å². The Morgan fingerprint density at radius 3 is 1.70 bits per heavy atom. The standard InChI is InChI=1S/C20H41/c1-6-11-14-16-19(15-12-7-2)20(10-5,17-9-4)18-13-8-3/h6-18H2,1-5H3. The predicted octanol–water partition coefficient (Wildman–Crippen LogP) is 7.72. The maximum absolute atomic E-state index is 2.44. The van der Waals surface area contributed by atoms with Crippen molar-refractivity contribution in [2.45, 2.75) is 118 Å². The fourth-order valence-electron chi connectivity index (χ4n) is 3.71. The molecule has 0 N–H and O–H groups in total. The molecule has 0 spiro atoms. The van der Waals surface area contributed by atoms with Crippen LogP contribution in [0.3, 0.4) is 0 Å². The van der Waals surface area contributed by atoms with Crippen molar-refractivity contribution in [1.82, 2.24) is 0 Å². The molecule has 121 valence electrons. The van der Waals surface area contributed by atoms with E-state index in [1.807, 2.05) is 5.92 Å². The molecular formula is C20H41. The summed E-state index contributed by atoms with van der Waals surface area (Å²) >= 11 is 0. The fraction of sp³-hybridized carbons (Fsp3) is 0.950. The zero-order chi connectivity index (χ0) is 15.3. The molecule has 20 heavy (non-hydrogen) atoms. The monoisotopic (exact) mass is 281 g/mol. The topological polar surface area (TPSA) is 0 Å². The van der Waals surface area contributed by atoms with E-state index < -0.39 is 0 Å². The van der Waals surface area contributed by atoms with Gasteiger partial charge in [0.05, 0.1) is 0 Å². The molecule has 0 aliphatic heterocycles. The van der Waals surface area contributed by atoms with Crippen LogP contribution in [-0.4, -0.2) is 0 Å². The van der Waals surface area contributed by atoms with Gasteiger partial charge in [-0.25, -0.2) is 0 Å². The third-order valence-electron chi connectivity index (χ3n) is 5.08. The van der Waals surface area contributed by atoms with Crippen LogP contribution < -0.4 is 0 Å². The summed E-state index contributed by atoms with van der Waals surface area (Å²) in [6.07, 6.45) is 18.1. The molecule has 0 rings (SSSR count). The minimum Gasteiger partial charge on any atom is -0.0654 e. The second-order valence-corrected chi connectivity index (χ2v) is 6.65. The first-order chi connectivity index (χ1) is 9.70. The first-order valence-electron chi connectivity index (χ1n) is 9.55. The molecule has 0 aromatic rings. The van der Waals surface area contributed by atoms with E-state index in [0.29, 0.717) is 5.41 Å². The zero-order valence-corrected chi connectivity index (χ0v) is 15.2. The Bertz CT molecular complexity index is 196. The summed E-state index contributed by atoms with van der Waals surface area (Å²) in [6, 6.07) is 0. The van der Waals surface area contributed by atoms with Crippen molar-refractivity contribution in [2.24, 2.45) is 5.41 Å². The molecule has 0 heterocycles. The Balaban J connectivity index is 4.82. The lowest BCUT2D eigenvalue weighted by molar-refractivity contribution is 0.211. The van der Waals surface area contributed by atoms with Crippen LogP contribution in [0, 0.1) is 11.3 Å². The summed E-state index contributed by atoms with van der Waals surface area (Å²) < 4.78 is 0. The fourth-order valence-corrected chi connectivity index (χ4v) is 3.71. The molecule has 0 saturated heterocycles. The van der Waals surface area contributed by atoms with Crippen LogP contribution in [0.5, 0.6) is 0 Å². The molecule has 0 heteroatoms. The maximum atomic E-state index is 2.44. The summed E-state index contributed by atoms with van der Waals surface area (Å²) in [5, 5.41) is 0. The number of rotatable bonds is 14. The quantitative estimate of drug-likeness (QED) is 0.286. The number of unbranched alkanes of at least 4 members (excludes halogenated alkanes) is 4. The molecular weight excluding hydrogens is 240 g/mol. The van der Waals surface area contributed by atoms with E-state index >= 15 is 0 Å². The van der Waals surface area contributed by atoms with Crippen LogP contribution in [0.4, 0.5) is 0 Å². The molecule has 1 atom stereocenters. The molecule has 0 bridgehead atoms. The van der Waals surface area contributed by atoms with Crippen molar-refractivity contribution in [1.29, 1.82) is 0 Å². The molecule has 0 aliphatic rings. The van der Waals surface area contributed by atoms with Crippen LogP contribution in [0.25, 0.3) is 0 Å². The molecule has 0 aliphatic carbocycles. The average molecular weight is 282 g/mol. The van der Waals surface area contributed by atoms with Crippen molar-refractivity contribution in [3.63, 3.8) is 0 Å². The van der Waals surface area contributed by atoms with Gasteiger partial charge in [0.2, 0.25) is 0 Å². The second kappa shape index (κ2) is 12.7. The van der Waals surface area contributed by atoms with Gasteiger partial charge in [0, 0.05) is 0 Å². The molecule has 0 aromatic carbocycles. The van der Waals surface area contributed by atoms with Crippen molar-refractivity contribution in [3.05, 3.63) is 5.92 Å². The lowest BCUT2D eigenvalue weighted by Crippen LogP contribution is -2.29. The van der Waals surface area contributed by atoms with Crippen molar-refractivity contribution in [3.8, 4) is 0 Å². The van der Waals surface area contributed by atoms with Gasteiger partial charge < -0.3 is 0 Å². The van der Waals surface area contributed by atoms with Gasteiger partial charge in [0.25, 0.3) is 0 Å². The molecule has 0 aromatic heterocycles. The lowest BCUT2D eigenvalue weighted by atomic mass is 9.64. The third-order valence-corrected chi connectivity index (χ3v) is 5.08. The van der Waals surface area contributed by atoms with Gasteiger partial charge in [-0.2, -0.15) is 0 Å². The first-order valence-corrected chi connectivity index (χ1v) is 9.55. The third kappa shape index (κ3) is 7.14. The molecule has 1 radical (unpaired) electrons. The highest BCUT2D eigenvalue weighted by Crippen LogP contribution is 2.47. The second-order valence-electron chi connectivity index (χ2n) is 6.65. The Kier molecular flexibility index (Phi) is 12.7. The van der Waals surface area contributed by atoms with E-state index in [1.54, 1.807) is 0 Å². The SMILES string of the molecule is CCCCC[C](CCCC)C(CC)(CCC)CCCC. The Labute approximate surface area is 130 Å². The van der Waals surface area contributed by atoms with Crippen LogP contribution >= 0.6 is 0 Å². The van der Waals surface area contributed by atoms with Crippen LogP contribution in [0.15, 0.2) is 0 Å². The van der Waals surface area contributed by atoms with E-state index in [1.165, 1.54) is 83.5 Å². The van der Waals surface area contributed by atoms with E-state index in [4.69, 9.17) is 0 Å². The Hall–Kier alpha value is 0. The zero-order valence-electron chi connectivity index (χ0n) is 15.2. The van der Waals surface area contributed by atoms with E-state index in [2.05, 4.69) is 34.6 Å². The lowest BCUT2D eigenvalue weighted by Gasteiger charge is -2.41. The molecule has 0 saturated carbocycles. The summed E-state index contributed by atoms with van der Waals surface area (Å²) in [6.45, 7) is 11.8. The number of hydrogen-bond acceptors (Lipinski definition) is 0. The maximum Gasteiger partial charge on any atom is -0.0179 e. The van der Waals surface area contributed by atoms with E-state index in [-0.39, 0.29) is 0 Å². The predicted molar refractivity (Wildman–Crippen MR) is 94.1 cm³/mol. The van der Waals surface area contributed by atoms with Gasteiger partial charge in [-0.3, -0.25) is 0 Å². The molecule has 0 amide bonds. The normalized spacial score (nSPS) is 14.7. The van der Waals surface area contributed by atoms with Gasteiger partial charge in [-0.15, -0.1) is 0 Å². The minimum atomic E-state index is 0.577. The molecule has 0 nitrogen and oxygen atoms in total. The van der Waals surface area contributed by atoms with Crippen molar-refractivity contribution >= 4 is 0 Å². The highest BCUT2D eigenvalue weighted by atomic mass is 14.4. The largest absolute Gasteiger partial charge is 0.0654 e. The summed E-state index contributed by atoms with van der Waals surface area (Å²) in [5.74, 6) is 1.94. The van der Waals surface area contributed by atoms with Gasteiger partial charge in [0.15, 0.2) is 0 Å². The van der Waals surface area contributed by atoms with Gasteiger partial charge in [-0.05, 0) is 43.4 Å². The van der Waals surface area contributed by atoms with Gasteiger partial charge in [-0.1, -0.05) is 86.0 Å². The number of hydrogen-bond donors (Lipinski definition) is 0. The smallest absolute Gasteiger partial charge is 0.0179 e. The Morgan fingerprint density at radius 1 is 0.600 bits per heavy atom. The van der Waals surface area contributed by atoms with E-state index in [0.717, 1.165) is 0 Å². The van der Waals surface area contributed by atoms with Crippen LogP contribution in [0.1, 0.15) is 118 Å². The Morgan fingerprint density at radius 2 is 1.20 bits per heavy atom. The van der Waals surface area contributed by atoms with Crippen molar-refractivity contribution in [2.75, 3.05) is 0 Å². The minimum absolute atomic E-state index is 0.577. The van der Waals surface area contributed by atoms with Crippen molar-refractivity contribution < 1.29 is 0 Å². The van der Waals surface area contributed by atoms with E-state index in [9.17, 15) is 0 Å². The molecule has 0 fully saturated rings. The first kappa shape index (κ1) is 20.0. The van der Waals surface area contributed by atoms with Gasteiger partial charge in [0.1, 0.15) is 0 Å². The van der Waals surface area contributed by atoms with Crippen LogP contribution in [0.2, 0.25) is 0 Å². The average Bonchev–Trinajstić information content (AvgIpc) is 2.47. The highest BCUT2D eigenvalue weighted by molar-refractivity contribution is 5.06. The highest BCUT2D eigenvalue weighted by Gasteiger charge is 2.35. The van der Waals surface area contributed by atoms with Gasteiger partial charge >= 0.3 is 0 Å². The summed E-state index contributed by atoms with van der Waals surface area (Å²) in [4.78, 5) is 0. The summed E-state index contributed by atoms with van der Waals surface area (Å²) in [7, 11) is 0. The molecule has 1 unspecified atom stereocenters.